The molecular formula is C11H16N4O2S. The SMILES string of the molecule is Cc1ccc(C(Sc2n[nH]c(=O)n2C)C(C)N)o1. The van der Waals surface area contributed by atoms with E-state index in [0.717, 1.165) is 11.5 Å². The van der Waals surface area contributed by atoms with Crippen molar-refractivity contribution in [3.05, 3.63) is 34.1 Å². The van der Waals surface area contributed by atoms with Gasteiger partial charge in [-0.05, 0) is 26.0 Å². The second-order valence-corrected chi connectivity index (χ2v) is 5.33. The minimum Gasteiger partial charge on any atom is -0.465 e. The Bertz CT molecular complexity index is 584. The Labute approximate surface area is 109 Å². The first-order chi connectivity index (χ1) is 8.49. The number of nitrogens with zero attached hydrogens (tertiary/aromatic N) is 2. The molecule has 2 rings (SSSR count). The van der Waals surface area contributed by atoms with Crippen molar-refractivity contribution in [3.8, 4) is 0 Å². The first-order valence-electron chi connectivity index (χ1n) is 5.59. The Hall–Kier alpha value is -1.47. The third-order valence-corrected chi connectivity index (χ3v) is 4.08. The quantitative estimate of drug-likeness (QED) is 0.813. The maximum atomic E-state index is 11.3. The number of hydrogen-bond donors (Lipinski definition) is 2. The molecule has 0 saturated carbocycles. The second kappa shape index (κ2) is 5.03. The van der Waals surface area contributed by atoms with Crippen molar-refractivity contribution in [1.82, 2.24) is 14.8 Å². The predicted octanol–water partition coefficient (Wildman–Crippen LogP) is 1.19. The van der Waals surface area contributed by atoms with Crippen LogP contribution in [0.4, 0.5) is 0 Å². The highest BCUT2D eigenvalue weighted by Crippen LogP contribution is 2.36. The van der Waals surface area contributed by atoms with Gasteiger partial charge in [-0.25, -0.2) is 9.89 Å². The lowest BCUT2D eigenvalue weighted by atomic mass is 10.2. The Morgan fingerprint density at radius 3 is 2.72 bits per heavy atom. The summed E-state index contributed by atoms with van der Waals surface area (Å²) in [6, 6.07) is 3.68. The molecule has 98 valence electrons. The summed E-state index contributed by atoms with van der Waals surface area (Å²) in [5, 5.41) is 6.88. The monoisotopic (exact) mass is 268 g/mol. The average Bonchev–Trinajstić information content (AvgIpc) is 2.85. The van der Waals surface area contributed by atoms with Crippen molar-refractivity contribution in [2.24, 2.45) is 12.8 Å². The van der Waals surface area contributed by atoms with E-state index in [0.29, 0.717) is 5.16 Å². The predicted molar refractivity (Wildman–Crippen MR) is 69.5 cm³/mol. The second-order valence-electron chi connectivity index (χ2n) is 4.22. The lowest BCUT2D eigenvalue weighted by Crippen LogP contribution is -2.23. The van der Waals surface area contributed by atoms with Crippen LogP contribution < -0.4 is 11.4 Å². The average molecular weight is 268 g/mol. The molecule has 0 aliphatic rings. The largest absolute Gasteiger partial charge is 0.465 e. The summed E-state index contributed by atoms with van der Waals surface area (Å²) in [6.45, 7) is 3.79. The maximum Gasteiger partial charge on any atom is 0.343 e. The molecule has 0 radical (unpaired) electrons. The number of thioether (sulfide) groups is 1. The Balaban J connectivity index is 2.27. The summed E-state index contributed by atoms with van der Waals surface area (Å²) in [7, 11) is 1.67. The van der Waals surface area contributed by atoms with Crippen molar-refractivity contribution >= 4 is 11.8 Å². The van der Waals surface area contributed by atoms with Gasteiger partial charge in [0.2, 0.25) is 0 Å². The zero-order valence-corrected chi connectivity index (χ0v) is 11.3. The first-order valence-corrected chi connectivity index (χ1v) is 6.47. The summed E-state index contributed by atoms with van der Waals surface area (Å²) in [4.78, 5) is 11.3. The van der Waals surface area contributed by atoms with Gasteiger partial charge < -0.3 is 10.2 Å². The van der Waals surface area contributed by atoms with Gasteiger partial charge in [-0.3, -0.25) is 4.57 Å². The van der Waals surface area contributed by atoms with Crippen LogP contribution in [-0.2, 0) is 7.05 Å². The zero-order valence-electron chi connectivity index (χ0n) is 10.5. The van der Waals surface area contributed by atoms with E-state index in [2.05, 4.69) is 10.2 Å². The molecular weight excluding hydrogens is 252 g/mol. The van der Waals surface area contributed by atoms with Crippen LogP contribution in [0.1, 0.15) is 23.7 Å². The van der Waals surface area contributed by atoms with Gasteiger partial charge in [0.25, 0.3) is 0 Å². The standard InChI is InChI=1S/C11H16N4O2S/c1-6-4-5-8(17-6)9(7(2)12)18-11-14-13-10(16)15(11)3/h4-5,7,9H,12H2,1-3H3,(H,13,16). The van der Waals surface area contributed by atoms with Crippen LogP contribution in [0.15, 0.2) is 26.5 Å². The number of H-pyrrole nitrogens is 1. The Morgan fingerprint density at radius 2 is 2.28 bits per heavy atom. The first kappa shape index (κ1) is 13.0. The van der Waals surface area contributed by atoms with E-state index in [1.54, 1.807) is 7.05 Å². The van der Waals surface area contributed by atoms with E-state index in [1.165, 1.54) is 16.3 Å². The van der Waals surface area contributed by atoms with Crippen molar-refractivity contribution in [3.63, 3.8) is 0 Å². The number of nitrogens with two attached hydrogens (primary N) is 1. The third-order valence-electron chi connectivity index (χ3n) is 2.59. The molecule has 18 heavy (non-hydrogen) atoms. The lowest BCUT2D eigenvalue weighted by molar-refractivity contribution is 0.464. The number of aryl methyl sites for hydroxylation is 1. The molecule has 0 aliphatic heterocycles. The number of hydrogen-bond acceptors (Lipinski definition) is 5. The van der Waals surface area contributed by atoms with Gasteiger partial charge in [0.1, 0.15) is 11.5 Å². The molecule has 2 aromatic rings. The molecule has 2 unspecified atom stereocenters. The Morgan fingerprint density at radius 1 is 1.56 bits per heavy atom. The number of nitrogens with one attached hydrogen (secondary N) is 1. The van der Waals surface area contributed by atoms with E-state index < -0.39 is 0 Å². The van der Waals surface area contributed by atoms with Crippen LogP contribution in [0, 0.1) is 6.92 Å². The van der Waals surface area contributed by atoms with Gasteiger partial charge in [0, 0.05) is 13.1 Å². The summed E-state index contributed by atoms with van der Waals surface area (Å²) >= 11 is 1.41. The van der Waals surface area contributed by atoms with Gasteiger partial charge >= 0.3 is 5.69 Å². The highest BCUT2D eigenvalue weighted by atomic mass is 32.2. The smallest absolute Gasteiger partial charge is 0.343 e. The van der Waals surface area contributed by atoms with E-state index in [9.17, 15) is 4.79 Å². The van der Waals surface area contributed by atoms with Crippen LogP contribution in [0.25, 0.3) is 0 Å². The van der Waals surface area contributed by atoms with E-state index in [-0.39, 0.29) is 17.0 Å². The molecule has 7 heteroatoms. The highest BCUT2D eigenvalue weighted by Gasteiger charge is 2.23. The fourth-order valence-corrected chi connectivity index (χ4v) is 2.61. The van der Waals surface area contributed by atoms with Gasteiger partial charge in [-0.15, -0.1) is 5.10 Å². The molecule has 2 heterocycles. The fraction of sp³-hybridized carbons (Fsp3) is 0.455. The molecule has 2 aromatic heterocycles. The van der Waals surface area contributed by atoms with Gasteiger partial charge in [0.15, 0.2) is 5.16 Å². The van der Waals surface area contributed by atoms with Gasteiger partial charge in [-0.1, -0.05) is 11.8 Å². The molecule has 3 N–H and O–H groups in total. The number of aromatic nitrogens is 3. The zero-order chi connectivity index (χ0) is 13.3. The van der Waals surface area contributed by atoms with Crippen molar-refractivity contribution < 1.29 is 4.42 Å². The number of rotatable bonds is 4. The topological polar surface area (TPSA) is 89.8 Å². The summed E-state index contributed by atoms with van der Waals surface area (Å²) < 4.78 is 7.05. The fourth-order valence-electron chi connectivity index (χ4n) is 1.58. The molecule has 0 aromatic carbocycles. The minimum absolute atomic E-state index is 0.0763. The van der Waals surface area contributed by atoms with E-state index in [4.69, 9.17) is 10.2 Å². The molecule has 2 atom stereocenters. The highest BCUT2D eigenvalue weighted by molar-refractivity contribution is 7.99. The molecule has 0 fully saturated rings. The summed E-state index contributed by atoms with van der Waals surface area (Å²) in [5.74, 6) is 1.63. The maximum absolute atomic E-state index is 11.3. The molecule has 0 bridgehead atoms. The van der Waals surface area contributed by atoms with Crippen LogP contribution in [0.5, 0.6) is 0 Å². The van der Waals surface area contributed by atoms with Crippen molar-refractivity contribution in [2.45, 2.75) is 30.3 Å². The van der Waals surface area contributed by atoms with Gasteiger partial charge in [-0.2, -0.15) is 0 Å². The Kier molecular flexibility index (Phi) is 3.63. The number of furan rings is 1. The number of aromatic amines is 1. The van der Waals surface area contributed by atoms with Gasteiger partial charge in [0.05, 0.1) is 5.25 Å². The molecule has 0 spiro atoms. The molecule has 6 nitrogen and oxygen atoms in total. The summed E-state index contributed by atoms with van der Waals surface area (Å²) in [6.07, 6.45) is 0. The normalized spacial score (nSPS) is 14.7. The molecule has 0 amide bonds. The molecule has 0 aliphatic carbocycles. The van der Waals surface area contributed by atoms with E-state index >= 15 is 0 Å². The lowest BCUT2D eigenvalue weighted by Gasteiger charge is -2.17. The van der Waals surface area contributed by atoms with Crippen molar-refractivity contribution in [1.29, 1.82) is 0 Å². The van der Waals surface area contributed by atoms with Crippen molar-refractivity contribution in [2.75, 3.05) is 0 Å². The van der Waals surface area contributed by atoms with E-state index in [1.807, 2.05) is 26.0 Å². The third kappa shape index (κ3) is 2.51. The molecule has 0 saturated heterocycles. The van der Waals surface area contributed by atoms with Crippen LogP contribution in [0.3, 0.4) is 0 Å². The minimum atomic E-state index is -0.239. The van der Waals surface area contributed by atoms with Crippen LogP contribution in [-0.4, -0.2) is 20.8 Å². The summed E-state index contributed by atoms with van der Waals surface area (Å²) in [5.41, 5.74) is 5.74. The van der Waals surface area contributed by atoms with Crippen LogP contribution >= 0.6 is 11.8 Å². The van der Waals surface area contributed by atoms with Crippen LogP contribution in [0.2, 0.25) is 0 Å².